The zero-order valence-corrected chi connectivity index (χ0v) is 13.8. The molecule has 1 amide bonds. The molecule has 1 N–H and O–H groups in total. The Bertz CT molecular complexity index is 499. The molecule has 0 aromatic heterocycles. The summed E-state index contributed by atoms with van der Waals surface area (Å²) in [7, 11) is 0. The summed E-state index contributed by atoms with van der Waals surface area (Å²) in [6.07, 6.45) is 0. The van der Waals surface area contributed by atoms with Crippen molar-refractivity contribution in [2.75, 3.05) is 32.8 Å². The number of carbonyl (C=O) groups excluding carboxylic acids is 1. The molecule has 1 aromatic rings. The number of halogens is 3. The van der Waals surface area contributed by atoms with Crippen LogP contribution >= 0.6 is 23.2 Å². The molecule has 1 aliphatic rings. The lowest BCUT2D eigenvalue weighted by atomic mass is 10.0. The van der Waals surface area contributed by atoms with Crippen LogP contribution in [-0.2, 0) is 9.53 Å². The number of nitrogens with one attached hydrogen (secondary N) is 1. The molecule has 1 atom stereocenters. The summed E-state index contributed by atoms with van der Waals surface area (Å²) in [6.45, 7) is 4.53. The third-order valence-corrected chi connectivity index (χ3v) is 3.94. The Balaban J connectivity index is 2.11. The van der Waals surface area contributed by atoms with E-state index in [1.807, 2.05) is 0 Å². The lowest BCUT2D eigenvalue weighted by molar-refractivity contribution is -0.121. The molecule has 0 bridgehead atoms. The van der Waals surface area contributed by atoms with Gasteiger partial charge in [0, 0.05) is 19.6 Å². The van der Waals surface area contributed by atoms with Crippen LogP contribution in [0.4, 0.5) is 4.39 Å². The van der Waals surface area contributed by atoms with Gasteiger partial charge in [-0.05, 0) is 24.6 Å². The maximum atomic E-state index is 13.1. The Labute approximate surface area is 139 Å². The second-order valence-electron chi connectivity index (χ2n) is 5.31. The Kier molecular flexibility index (Phi) is 6.03. The first-order valence-corrected chi connectivity index (χ1v) is 7.87. The van der Waals surface area contributed by atoms with Crippen LogP contribution in [0.25, 0.3) is 0 Å². The number of ether oxygens (including phenoxy) is 1. The highest BCUT2D eigenvalue weighted by atomic mass is 35.5. The van der Waals surface area contributed by atoms with Crippen LogP contribution in [0.1, 0.15) is 18.5 Å². The number of amides is 1. The second kappa shape index (κ2) is 7.59. The van der Waals surface area contributed by atoms with Crippen molar-refractivity contribution in [3.05, 3.63) is 35.6 Å². The van der Waals surface area contributed by atoms with Gasteiger partial charge in [-0.25, -0.2) is 4.39 Å². The SMILES string of the molecule is CC(Cl)(Cl)C(=O)NC[C@H](c1ccc(F)cc1)N1CCOCC1. The highest BCUT2D eigenvalue weighted by Crippen LogP contribution is 2.23. The fourth-order valence-corrected chi connectivity index (χ4v) is 2.51. The fraction of sp³-hybridized carbons (Fsp3) is 0.533. The van der Waals surface area contributed by atoms with Crippen LogP contribution in [0.2, 0.25) is 0 Å². The third kappa shape index (κ3) is 4.81. The lowest BCUT2D eigenvalue weighted by Gasteiger charge is -2.35. The maximum Gasteiger partial charge on any atom is 0.256 e. The first-order valence-electron chi connectivity index (χ1n) is 7.11. The van der Waals surface area contributed by atoms with Crippen molar-refractivity contribution in [2.45, 2.75) is 17.3 Å². The Hall–Kier alpha value is -0.880. The molecule has 1 fully saturated rings. The molecular weight excluding hydrogens is 330 g/mol. The molecule has 1 aromatic carbocycles. The molecule has 0 saturated carbocycles. The summed E-state index contributed by atoms with van der Waals surface area (Å²) < 4.78 is 17.0. The number of hydrogen-bond donors (Lipinski definition) is 1. The van der Waals surface area contributed by atoms with Gasteiger partial charge < -0.3 is 10.1 Å². The largest absolute Gasteiger partial charge is 0.379 e. The summed E-state index contributed by atoms with van der Waals surface area (Å²) in [6, 6.07) is 6.20. The number of benzene rings is 1. The van der Waals surface area contributed by atoms with E-state index in [-0.39, 0.29) is 11.9 Å². The molecule has 7 heteroatoms. The average molecular weight is 349 g/mol. The van der Waals surface area contributed by atoms with E-state index >= 15 is 0 Å². The second-order valence-corrected chi connectivity index (χ2v) is 7.02. The minimum atomic E-state index is -1.47. The average Bonchev–Trinajstić information content (AvgIpc) is 2.49. The smallest absolute Gasteiger partial charge is 0.256 e. The number of morpholine rings is 1. The lowest BCUT2D eigenvalue weighted by Crippen LogP contribution is -2.46. The Morgan fingerprint density at radius 3 is 2.50 bits per heavy atom. The minimum Gasteiger partial charge on any atom is -0.379 e. The summed E-state index contributed by atoms with van der Waals surface area (Å²) in [5.41, 5.74) is 0.925. The van der Waals surface area contributed by atoms with Gasteiger partial charge >= 0.3 is 0 Å². The zero-order valence-electron chi connectivity index (χ0n) is 12.3. The van der Waals surface area contributed by atoms with E-state index in [1.165, 1.54) is 19.1 Å². The van der Waals surface area contributed by atoms with Gasteiger partial charge in [0.05, 0.1) is 19.3 Å². The van der Waals surface area contributed by atoms with Crippen LogP contribution in [0, 0.1) is 5.82 Å². The van der Waals surface area contributed by atoms with E-state index in [1.54, 1.807) is 12.1 Å². The first-order chi connectivity index (χ1) is 10.4. The molecule has 22 heavy (non-hydrogen) atoms. The van der Waals surface area contributed by atoms with E-state index in [4.69, 9.17) is 27.9 Å². The van der Waals surface area contributed by atoms with Gasteiger partial charge in [0.2, 0.25) is 0 Å². The van der Waals surface area contributed by atoms with Crippen LogP contribution in [0.5, 0.6) is 0 Å². The summed E-state index contributed by atoms with van der Waals surface area (Å²) >= 11 is 11.6. The van der Waals surface area contributed by atoms with Crippen molar-refractivity contribution in [2.24, 2.45) is 0 Å². The predicted octanol–water partition coefficient (Wildman–Crippen LogP) is 2.51. The molecule has 2 rings (SSSR count). The van der Waals surface area contributed by atoms with Gasteiger partial charge in [0.25, 0.3) is 5.91 Å². The van der Waals surface area contributed by atoms with Crippen LogP contribution in [0.3, 0.4) is 0 Å². The molecule has 0 aliphatic carbocycles. The highest BCUT2D eigenvalue weighted by Gasteiger charge is 2.29. The monoisotopic (exact) mass is 348 g/mol. The van der Waals surface area contributed by atoms with E-state index in [0.717, 1.165) is 18.7 Å². The van der Waals surface area contributed by atoms with E-state index in [0.29, 0.717) is 19.8 Å². The maximum absolute atomic E-state index is 13.1. The summed E-state index contributed by atoms with van der Waals surface area (Å²) in [5, 5.41) is 2.75. The van der Waals surface area contributed by atoms with Gasteiger partial charge in [0.1, 0.15) is 5.82 Å². The molecule has 1 heterocycles. The zero-order chi connectivity index (χ0) is 16.2. The summed E-state index contributed by atoms with van der Waals surface area (Å²) in [4.78, 5) is 14.1. The molecule has 0 unspecified atom stereocenters. The molecule has 0 radical (unpaired) electrons. The van der Waals surface area contributed by atoms with E-state index < -0.39 is 10.2 Å². The minimum absolute atomic E-state index is 0.0795. The third-order valence-electron chi connectivity index (χ3n) is 3.60. The summed E-state index contributed by atoms with van der Waals surface area (Å²) in [5.74, 6) is -0.737. The van der Waals surface area contributed by atoms with Gasteiger partial charge in [0.15, 0.2) is 4.33 Å². The van der Waals surface area contributed by atoms with Gasteiger partial charge in [-0.2, -0.15) is 0 Å². The Morgan fingerprint density at radius 1 is 1.36 bits per heavy atom. The quantitative estimate of drug-likeness (QED) is 0.831. The van der Waals surface area contributed by atoms with Crippen molar-refractivity contribution in [1.82, 2.24) is 10.2 Å². The van der Waals surface area contributed by atoms with Gasteiger partial charge in [-0.15, -0.1) is 0 Å². The van der Waals surface area contributed by atoms with Crippen LogP contribution in [0.15, 0.2) is 24.3 Å². The number of alkyl halides is 2. The van der Waals surface area contributed by atoms with Crippen molar-refractivity contribution >= 4 is 29.1 Å². The highest BCUT2D eigenvalue weighted by molar-refractivity contribution is 6.57. The topological polar surface area (TPSA) is 41.6 Å². The van der Waals surface area contributed by atoms with Crippen LogP contribution in [-0.4, -0.2) is 48.0 Å². The van der Waals surface area contributed by atoms with E-state index in [2.05, 4.69) is 10.2 Å². The van der Waals surface area contributed by atoms with E-state index in [9.17, 15) is 9.18 Å². The van der Waals surface area contributed by atoms with Crippen molar-refractivity contribution in [1.29, 1.82) is 0 Å². The number of carbonyl (C=O) groups is 1. The fourth-order valence-electron chi connectivity index (χ4n) is 2.38. The predicted molar refractivity (Wildman–Crippen MR) is 84.7 cm³/mol. The van der Waals surface area contributed by atoms with Crippen molar-refractivity contribution in [3.63, 3.8) is 0 Å². The number of hydrogen-bond acceptors (Lipinski definition) is 3. The molecule has 122 valence electrons. The normalized spacial score (nSPS) is 18.0. The molecular formula is C15H19Cl2FN2O2. The molecule has 1 saturated heterocycles. The molecule has 0 spiro atoms. The van der Waals surface area contributed by atoms with Crippen molar-refractivity contribution < 1.29 is 13.9 Å². The number of nitrogens with zero attached hydrogens (tertiary/aromatic N) is 1. The standard InChI is InChI=1S/C15H19Cl2FN2O2/c1-15(16,17)14(21)19-10-13(20-6-8-22-9-7-20)11-2-4-12(18)5-3-11/h2-5,13H,6-10H2,1H3,(H,19,21)/t13-/m1/s1. The van der Waals surface area contributed by atoms with Gasteiger partial charge in [-0.1, -0.05) is 35.3 Å². The Morgan fingerprint density at radius 2 is 1.95 bits per heavy atom. The molecule has 1 aliphatic heterocycles. The van der Waals surface area contributed by atoms with Crippen molar-refractivity contribution in [3.8, 4) is 0 Å². The van der Waals surface area contributed by atoms with Crippen LogP contribution < -0.4 is 5.32 Å². The first kappa shape index (κ1) is 17.5. The van der Waals surface area contributed by atoms with Gasteiger partial charge in [-0.3, -0.25) is 9.69 Å². The number of rotatable bonds is 5. The molecule has 4 nitrogen and oxygen atoms in total.